The van der Waals surface area contributed by atoms with Crippen molar-refractivity contribution < 1.29 is 0 Å². The van der Waals surface area contributed by atoms with Gasteiger partial charge in [-0.1, -0.05) is 19.8 Å². The summed E-state index contributed by atoms with van der Waals surface area (Å²) in [5.41, 5.74) is 0. The standard InChI is InChI=1S/C11H26P/c1-5-8-9-10-11-12(4,6-2)7-3/h5-11H2,1-4H3/q+1. The Labute approximate surface area is 79.5 Å². The molecule has 1 heteroatoms. The Kier molecular flexibility index (Phi) is 7.14. The first-order valence-corrected chi connectivity index (χ1v) is 8.31. The minimum Gasteiger partial charge on any atom is -0.0654 e. The predicted octanol–water partition coefficient (Wildman–Crippen LogP) is 4.25. The summed E-state index contributed by atoms with van der Waals surface area (Å²) in [5, 5.41) is 0. The van der Waals surface area contributed by atoms with Crippen LogP contribution in [0.4, 0.5) is 0 Å². The fourth-order valence-electron chi connectivity index (χ4n) is 1.46. The molecule has 0 aliphatic carbocycles. The molecule has 0 aromatic carbocycles. The van der Waals surface area contributed by atoms with Crippen LogP contribution in [0.5, 0.6) is 0 Å². The zero-order chi connectivity index (χ0) is 9.45. The fourth-order valence-corrected chi connectivity index (χ4v) is 3.53. The number of rotatable bonds is 7. The normalized spacial score (nSPS) is 12.0. The molecular weight excluding hydrogens is 163 g/mol. The van der Waals surface area contributed by atoms with Gasteiger partial charge in [0, 0.05) is 13.9 Å². The summed E-state index contributed by atoms with van der Waals surface area (Å²) in [4.78, 5) is 0. The maximum atomic E-state index is 2.54. The molecule has 0 aliphatic heterocycles. The van der Waals surface area contributed by atoms with E-state index >= 15 is 0 Å². The van der Waals surface area contributed by atoms with Crippen LogP contribution in [0.25, 0.3) is 0 Å². The Hall–Kier alpha value is 0.430. The summed E-state index contributed by atoms with van der Waals surface area (Å²) in [6.07, 6.45) is 10.2. The Morgan fingerprint density at radius 1 is 0.833 bits per heavy atom. The van der Waals surface area contributed by atoms with Crippen molar-refractivity contribution in [2.75, 3.05) is 25.2 Å². The van der Waals surface area contributed by atoms with Crippen molar-refractivity contribution in [3.63, 3.8) is 0 Å². The average molecular weight is 189 g/mol. The van der Waals surface area contributed by atoms with Crippen LogP contribution in [0, 0.1) is 0 Å². The summed E-state index contributed by atoms with van der Waals surface area (Å²) < 4.78 is 0. The minimum atomic E-state index is -0.471. The highest BCUT2D eigenvalue weighted by atomic mass is 31.2. The maximum Gasteiger partial charge on any atom is 0.0591 e. The fraction of sp³-hybridized carbons (Fsp3) is 1.00. The Morgan fingerprint density at radius 2 is 1.42 bits per heavy atom. The van der Waals surface area contributed by atoms with Gasteiger partial charge in [-0.2, -0.15) is 0 Å². The van der Waals surface area contributed by atoms with E-state index in [1.807, 2.05) is 0 Å². The molecule has 0 aliphatic rings. The number of hydrogen-bond acceptors (Lipinski definition) is 0. The molecule has 0 unspecified atom stereocenters. The van der Waals surface area contributed by atoms with E-state index in [9.17, 15) is 0 Å². The van der Waals surface area contributed by atoms with E-state index in [2.05, 4.69) is 27.4 Å². The van der Waals surface area contributed by atoms with Crippen LogP contribution in [0.15, 0.2) is 0 Å². The van der Waals surface area contributed by atoms with Gasteiger partial charge < -0.3 is 0 Å². The largest absolute Gasteiger partial charge is 0.0654 e. The van der Waals surface area contributed by atoms with Gasteiger partial charge in [-0.25, -0.2) is 0 Å². The van der Waals surface area contributed by atoms with E-state index in [0.29, 0.717) is 0 Å². The quantitative estimate of drug-likeness (QED) is 0.415. The van der Waals surface area contributed by atoms with Crippen LogP contribution >= 0.6 is 7.26 Å². The molecule has 0 aromatic heterocycles. The number of unbranched alkanes of at least 4 members (excludes halogenated alkanes) is 3. The zero-order valence-corrected chi connectivity index (χ0v) is 10.3. The van der Waals surface area contributed by atoms with Gasteiger partial charge in [0.15, 0.2) is 0 Å². The van der Waals surface area contributed by atoms with Crippen LogP contribution in [0.1, 0.15) is 46.5 Å². The molecule has 0 fully saturated rings. The molecule has 0 N–H and O–H groups in total. The van der Waals surface area contributed by atoms with Gasteiger partial charge in [-0.05, 0) is 26.7 Å². The Morgan fingerprint density at radius 3 is 1.83 bits per heavy atom. The monoisotopic (exact) mass is 189 g/mol. The molecule has 0 nitrogen and oxygen atoms in total. The van der Waals surface area contributed by atoms with Gasteiger partial charge in [0.1, 0.15) is 0 Å². The smallest absolute Gasteiger partial charge is 0.0591 e. The van der Waals surface area contributed by atoms with Crippen molar-refractivity contribution in [2.45, 2.75) is 46.5 Å². The lowest BCUT2D eigenvalue weighted by Gasteiger charge is -2.19. The first-order valence-electron chi connectivity index (χ1n) is 5.52. The van der Waals surface area contributed by atoms with E-state index < -0.39 is 7.26 Å². The van der Waals surface area contributed by atoms with Crippen LogP contribution in [-0.2, 0) is 0 Å². The molecule has 0 amide bonds. The molecule has 0 aromatic rings. The van der Waals surface area contributed by atoms with Crippen LogP contribution in [-0.4, -0.2) is 25.2 Å². The molecular formula is C11H26P+. The van der Waals surface area contributed by atoms with Crippen LogP contribution in [0.2, 0.25) is 0 Å². The summed E-state index contributed by atoms with van der Waals surface area (Å²) in [7, 11) is -0.471. The lowest BCUT2D eigenvalue weighted by molar-refractivity contribution is 0.703. The second-order valence-corrected chi connectivity index (χ2v) is 8.99. The maximum absolute atomic E-state index is 2.54. The highest BCUT2D eigenvalue weighted by Gasteiger charge is 2.25. The Balaban J connectivity index is 3.45. The van der Waals surface area contributed by atoms with Crippen molar-refractivity contribution in [2.24, 2.45) is 0 Å². The second-order valence-electron chi connectivity index (χ2n) is 4.04. The van der Waals surface area contributed by atoms with Gasteiger partial charge in [-0.15, -0.1) is 0 Å². The van der Waals surface area contributed by atoms with E-state index in [1.165, 1.54) is 38.0 Å². The van der Waals surface area contributed by atoms with Crippen molar-refractivity contribution in [1.82, 2.24) is 0 Å². The van der Waals surface area contributed by atoms with Crippen LogP contribution < -0.4 is 0 Å². The van der Waals surface area contributed by atoms with E-state index in [1.54, 1.807) is 6.16 Å². The minimum absolute atomic E-state index is 0.471. The Bertz CT molecular complexity index is 95.2. The third-order valence-corrected chi connectivity index (χ3v) is 7.53. The molecule has 0 atom stereocenters. The summed E-state index contributed by atoms with van der Waals surface area (Å²) >= 11 is 0. The summed E-state index contributed by atoms with van der Waals surface area (Å²) in [5.74, 6) is 0. The lowest BCUT2D eigenvalue weighted by Crippen LogP contribution is -2.02. The first kappa shape index (κ1) is 12.4. The molecule has 0 radical (unpaired) electrons. The highest BCUT2D eigenvalue weighted by molar-refractivity contribution is 7.75. The van der Waals surface area contributed by atoms with Crippen LogP contribution in [0.3, 0.4) is 0 Å². The van der Waals surface area contributed by atoms with Crippen molar-refractivity contribution >= 4 is 7.26 Å². The molecule has 0 rings (SSSR count). The van der Waals surface area contributed by atoms with Crippen molar-refractivity contribution in [3.05, 3.63) is 0 Å². The average Bonchev–Trinajstić information content (AvgIpc) is 2.12. The van der Waals surface area contributed by atoms with Gasteiger partial charge in [0.25, 0.3) is 0 Å². The summed E-state index contributed by atoms with van der Waals surface area (Å²) in [6.45, 7) is 9.57. The van der Waals surface area contributed by atoms with E-state index in [-0.39, 0.29) is 0 Å². The molecule has 0 heterocycles. The predicted molar refractivity (Wildman–Crippen MR) is 62.9 cm³/mol. The first-order chi connectivity index (χ1) is 5.68. The van der Waals surface area contributed by atoms with E-state index in [4.69, 9.17) is 0 Å². The molecule has 0 spiro atoms. The van der Waals surface area contributed by atoms with Gasteiger partial charge >= 0.3 is 0 Å². The van der Waals surface area contributed by atoms with E-state index in [0.717, 1.165) is 0 Å². The van der Waals surface area contributed by atoms with Gasteiger partial charge in [0.05, 0.1) is 18.5 Å². The molecule has 0 saturated heterocycles. The topological polar surface area (TPSA) is 0 Å². The van der Waals surface area contributed by atoms with Crippen molar-refractivity contribution in [1.29, 1.82) is 0 Å². The molecule has 0 saturated carbocycles. The highest BCUT2D eigenvalue weighted by Crippen LogP contribution is 2.54. The second kappa shape index (κ2) is 6.89. The van der Waals surface area contributed by atoms with Crippen molar-refractivity contribution in [3.8, 4) is 0 Å². The molecule has 12 heavy (non-hydrogen) atoms. The summed E-state index contributed by atoms with van der Waals surface area (Å²) in [6, 6.07) is 0. The van der Waals surface area contributed by atoms with Gasteiger partial charge in [0.2, 0.25) is 0 Å². The third kappa shape index (κ3) is 5.14. The third-order valence-electron chi connectivity index (χ3n) is 3.08. The zero-order valence-electron chi connectivity index (χ0n) is 9.40. The molecule has 0 bridgehead atoms. The van der Waals surface area contributed by atoms with Gasteiger partial charge in [-0.3, -0.25) is 0 Å². The SMILES string of the molecule is CCCCCC[P+](C)(CC)CC. The number of hydrogen-bond donors (Lipinski definition) is 0. The lowest BCUT2D eigenvalue weighted by atomic mass is 10.2. The molecule has 74 valence electrons.